The van der Waals surface area contributed by atoms with E-state index in [0.717, 1.165) is 6.07 Å². The summed E-state index contributed by atoms with van der Waals surface area (Å²) in [7, 11) is 0. The van der Waals surface area contributed by atoms with Crippen molar-refractivity contribution in [1.29, 1.82) is 0 Å². The van der Waals surface area contributed by atoms with E-state index in [9.17, 15) is 13.2 Å². The Labute approximate surface area is 101 Å². The lowest BCUT2D eigenvalue weighted by Gasteiger charge is -2.05. The van der Waals surface area contributed by atoms with Crippen LogP contribution in [-0.2, 0) is 12.8 Å². The molecule has 96 valence electrons. The zero-order valence-corrected chi connectivity index (χ0v) is 9.57. The number of aliphatic hydroxyl groups excluding tert-OH is 1. The number of hydrogen-bond donors (Lipinski definition) is 1. The van der Waals surface area contributed by atoms with Gasteiger partial charge in [0.15, 0.2) is 5.69 Å². The third-order valence-electron chi connectivity index (χ3n) is 2.54. The van der Waals surface area contributed by atoms with Gasteiger partial charge in [0.05, 0.1) is 12.3 Å². The predicted octanol–water partition coefficient (Wildman–Crippen LogP) is 2.69. The van der Waals surface area contributed by atoms with Gasteiger partial charge >= 0.3 is 6.18 Å². The lowest BCUT2D eigenvalue weighted by Crippen LogP contribution is -2.07. The largest absolute Gasteiger partial charge is 0.435 e. The fraction of sp³-hybridized carbons (Fsp3) is 0.250. The summed E-state index contributed by atoms with van der Waals surface area (Å²) < 4.78 is 38.7. The highest BCUT2D eigenvalue weighted by Crippen LogP contribution is 2.29. The van der Waals surface area contributed by atoms with Crippen molar-refractivity contribution < 1.29 is 18.3 Å². The van der Waals surface area contributed by atoms with Crippen LogP contribution >= 0.6 is 0 Å². The van der Waals surface area contributed by atoms with Gasteiger partial charge in [0, 0.05) is 5.69 Å². The van der Waals surface area contributed by atoms with Crippen LogP contribution in [0.1, 0.15) is 17.0 Å². The highest BCUT2D eigenvalue weighted by molar-refractivity contribution is 5.36. The summed E-state index contributed by atoms with van der Waals surface area (Å²) in [5, 5.41) is 12.4. The Morgan fingerprint density at radius 2 is 1.83 bits per heavy atom. The average Bonchev–Trinajstić information content (AvgIpc) is 2.71. The Kier molecular flexibility index (Phi) is 3.13. The van der Waals surface area contributed by atoms with E-state index in [0.29, 0.717) is 16.9 Å². The molecule has 0 fully saturated rings. The van der Waals surface area contributed by atoms with E-state index in [4.69, 9.17) is 5.11 Å². The molecule has 0 amide bonds. The molecule has 0 saturated heterocycles. The average molecular weight is 256 g/mol. The quantitative estimate of drug-likeness (QED) is 0.897. The van der Waals surface area contributed by atoms with Crippen LogP contribution in [0.15, 0.2) is 30.3 Å². The molecule has 3 nitrogen and oxygen atoms in total. The van der Waals surface area contributed by atoms with E-state index in [-0.39, 0.29) is 6.61 Å². The summed E-state index contributed by atoms with van der Waals surface area (Å²) in [4.78, 5) is 0. The van der Waals surface area contributed by atoms with Gasteiger partial charge in [-0.2, -0.15) is 18.3 Å². The van der Waals surface area contributed by atoms with E-state index >= 15 is 0 Å². The van der Waals surface area contributed by atoms with E-state index in [2.05, 4.69) is 5.10 Å². The van der Waals surface area contributed by atoms with Crippen molar-refractivity contribution in [2.45, 2.75) is 19.7 Å². The Balaban J connectivity index is 2.41. The second-order valence-electron chi connectivity index (χ2n) is 3.91. The second kappa shape index (κ2) is 4.45. The fourth-order valence-electron chi connectivity index (χ4n) is 1.62. The standard InChI is InChI=1S/C12H11F3N2O/c1-8-6-11(12(13,14)15)16-17(8)10-4-2-9(7-18)3-5-10/h2-6,18H,7H2,1H3. The number of benzene rings is 1. The number of nitrogens with zero attached hydrogens (tertiary/aromatic N) is 2. The molecule has 0 bridgehead atoms. The van der Waals surface area contributed by atoms with Crippen LogP contribution in [0.4, 0.5) is 13.2 Å². The maximum atomic E-state index is 12.5. The summed E-state index contributed by atoms with van der Waals surface area (Å²) >= 11 is 0. The Hall–Kier alpha value is -1.82. The first-order chi connectivity index (χ1) is 8.41. The van der Waals surface area contributed by atoms with E-state index < -0.39 is 11.9 Å². The summed E-state index contributed by atoms with van der Waals surface area (Å²) in [5.41, 5.74) is 0.713. The van der Waals surface area contributed by atoms with Gasteiger partial charge < -0.3 is 5.11 Å². The molecule has 6 heteroatoms. The molecule has 0 spiro atoms. The molecule has 0 saturated carbocycles. The molecule has 2 aromatic rings. The van der Waals surface area contributed by atoms with E-state index in [1.165, 1.54) is 4.68 Å². The van der Waals surface area contributed by atoms with Gasteiger partial charge in [-0.25, -0.2) is 4.68 Å². The maximum Gasteiger partial charge on any atom is 0.435 e. The van der Waals surface area contributed by atoms with Crippen molar-refractivity contribution in [1.82, 2.24) is 9.78 Å². The molecular formula is C12H11F3N2O. The molecule has 1 aromatic carbocycles. The smallest absolute Gasteiger partial charge is 0.392 e. The highest BCUT2D eigenvalue weighted by Gasteiger charge is 2.34. The van der Waals surface area contributed by atoms with Crippen LogP contribution in [0.5, 0.6) is 0 Å². The Bertz CT molecular complexity index is 543. The maximum absolute atomic E-state index is 12.5. The fourth-order valence-corrected chi connectivity index (χ4v) is 1.62. The van der Waals surface area contributed by atoms with Crippen molar-refractivity contribution in [3.63, 3.8) is 0 Å². The van der Waals surface area contributed by atoms with Crippen LogP contribution in [-0.4, -0.2) is 14.9 Å². The molecule has 2 rings (SSSR count). The Morgan fingerprint density at radius 1 is 1.22 bits per heavy atom. The number of rotatable bonds is 2. The minimum Gasteiger partial charge on any atom is -0.392 e. The summed E-state index contributed by atoms with van der Waals surface area (Å²) in [6, 6.07) is 7.52. The van der Waals surface area contributed by atoms with Crippen molar-refractivity contribution in [2.75, 3.05) is 0 Å². The molecule has 0 unspecified atom stereocenters. The topological polar surface area (TPSA) is 38.0 Å². The summed E-state index contributed by atoms with van der Waals surface area (Å²) in [6.07, 6.45) is -4.44. The van der Waals surface area contributed by atoms with Gasteiger partial charge in [-0.1, -0.05) is 12.1 Å². The molecule has 18 heavy (non-hydrogen) atoms. The Morgan fingerprint density at radius 3 is 2.28 bits per heavy atom. The number of halogens is 3. The molecule has 0 atom stereocenters. The predicted molar refractivity (Wildman–Crippen MR) is 59.2 cm³/mol. The van der Waals surface area contributed by atoms with Crippen molar-refractivity contribution in [3.8, 4) is 5.69 Å². The molecule has 0 aliphatic heterocycles. The minimum atomic E-state index is -4.44. The van der Waals surface area contributed by atoms with Gasteiger partial charge in [-0.05, 0) is 30.7 Å². The van der Waals surface area contributed by atoms with Crippen LogP contribution < -0.4 is 0 Å². The molecule has 0 radical (unpaired) electrons. The van der Waals surface area contributed by atoms with Crippen molar-refractivity contribution in [2.24, 2.45) is 0 Å². The van der Waals surface area contributed by atoms with Crippen LogP contribution in [0.2, 0.25) is 0 Å². The number of alkyl halides is 3. The zero-order valence-electron chi connectivity index (χ0n) is 9.57. The first-order valence-electron chi connectivity index (χ1n) is 5.26. The molecule has 1 aromatic heterocycles. The van der Waals surface area contributed by atoms with Gasteiger partial charge in [0.2, 0.25) is 0 Å². The van der Waals surface area contributed by atoms with Gasteiger partial charge in [0.1, 0.15) is 0 Å². The minimum absolute atomic E-state index is 0.105. The van der Waals surface area contributed by atoms with Gasteiger partial charge in [-0.15, -0.1) is 0 Å². The number of aliphatic hydroxyl groups is 1. The van der Waals surface area contributed by atoms with Crippen molar-refractivity contribution >= 4 is 0 Å². The summed E-state index contributed by atoms with van der Waals surface area (Å²) in [5.74, 6) is 0. The van der Waals surface area contributed by atoms with Gasteiger partial charge in [0.25, 0.3) is 0 Å². The molecule has 1 N–H and O–H groups in total. The SMILES string of the molecule is Cc1cc(C(F)(F)F)nn1-c1ccc(CO)cc1. The third-order valence-corrected chi connectivity index (χ3v) is 2.54. The lowest BCUT2D eigenvalue weighted by atomic mass is 10.2. The number of aromatic nitrogens is 2. The zero-order chi connectivity index (χ0) is 13.3. The van der Waals surface area contributed by atoms with E-state index in [1.54, 1.807) is 31.2 Å². The van der Waals surface area contributed by atoms with Crippen LogP contribution in [0.3, 0.4) is 0 Å². The molecular weight excluding hydrogens is 245 g/mol. The van der Waals surface area contributed by atoms with Crippen molar-refractivity contribution in [3.05, 3.63) is 47.3 Å². The normalized spacial score (nSPS) is 11.8. The molecule has 1 heterocycles. The number of aryl methyl sites for hydroxylation is 1. The summed E-state index contributed by atoms with van der Waals surface area (Å²) in [6.45, 7) is 1.45. The van der Waals surface area contributed by atoms with Crippen LogP contribution in [0, 0.1) is 6.92 Å². The first kappa shape index (κ1) is 12.6. The monoisotopic (exact) mass is 256 g/mol. The molecule has 0 aliphatic rings. The van der Waals surface area contributed by atoms with Gasteiger partial charge in [-0.3, -0.25) is 0 Å². The third kappa shape index (κ3) is 2.38. The second-order valence-corrected chi connectivity index (χ2v) is 3.91. The first-order valence-corrected chi connectivity index (χ1v) is 5.26. The molecule has 0 aliphatic carbocycles. The van der Waals surface area contributed by atoms with Crippen LogP contribution in [0.25, 0.3) is 5.69 Å². The van der Waals surface area contributed by atoms with E-state index in [1.807, 2.05) is 0 Å². The lowest BCUT2D eigenvalue weighted by molar-refractivity contribution is -0.141. The highest BCUT2D eigenvalue weighted by atomic mass is 19.4. The number of hydrogen-bond acceptors (Lipinski definition) is 2.